The fraction of sp³-hybridized carbons (Fsp3) is 0.600. The summed E-state index contributed by atoms with van der Waals surface area (Å²) >= 11 is 0. The quantitative estimate of drug-likeness (QED) is 0.762. The maximum absolute atomic E-state index is 5.80. The normalized spacial score (nSPS) is 15.1. The highest BCUT2D eigenvalue weighted by Gasteiger charge is 2.22. The third-order valence-electron chi connectivity index (χ3n) is 3.29. The van der Waals surface area contributed by atoms with Crippen LogP contribution in [-0.4, -0.2) is 38.7 Å². The Labute approximate surface area is 110 Å². The van der Waals surface area contributed by atoms with Gasteiger partial charge in [0.25, 0.3) is 0 Å². The maximum Gasteiger partial charge on any atom is 0.119 e. The van der Waals surface area contributed by atoms with Gasteiger partial charge >= 0.3 is 0 Å². The van der Waals surface area contributed by atoms with Crippen LogP contribution in [0.5, 0.6) is 5.75 Å². The molecule has 0 radical (unpaired) electrons. The van der Waals surface area contributed by atoms with Crippen molar-refractivity contribution >= 4 is 0 Å². The van der Waals surface area contributed by atoms with Gasteiger partial charge < -0.3 is 15.0 Å². The Morgan fingerprint density at radius 1 is 1.39 bits per heavy atom. The first-order valence-corrected chi connectivity index (χ1v) is 6.83. The predicted octanol–water partition coefficient (Wildman–Crippen LogP) is 2.13. The second-order valence-electron chi connectivity index (χ2n) is 5.23. The first kappa shape index (κ1) is 13.4. The van der Waals surface area contributed by atoms with Crippen molar-refractivity contribution in [2.24, 2.45) is 5.92 Å². The SMILES string of the molecule is CNCc1cccc(OCCN(C)CC2CC2)c1. The third kappa shape index (κ3) is 4.67. The van der Waals surface area contributed by atoms with Crippen molar-refractivity contribution in [1.82, 2.24) is 10.2 Å². The van der Waals surface area contributed by atoms with E-state index >= 15 is 0 Å². The van der Waals surface area contributed by atoms with E-state index in [0.717, 1.165) is 31.4 Å². The Hall–Kier alpha value is -1.06. The lowest BCUT2D eigenvalue weighted by Gasteiger charge is -2.16. The molecule has 0 saturated heterocycles. The van der Waals surface area contributed by atoms with Gasteiger partial charge in [0, 0.05) is 19.6 Å². The Bertz CT molecular complexity index is 363. The van der Waals surface area contributed by atoms with Crippen LogP contribution in [0, 0.1) is 5.92 Å². The molecule has 3 heteroatoms. The molecule has 100 valence electrons. The largest absolute Gasteiger partial charge is 0.492 e. The summed E-state index contributed by atoms with van der Waals surface area (Å²) in [6, 6.07) is 8.30. The van der Waals surface area contributed by atoms with E-state index in [1.54, 1.807) is 0 Å². The number of rotatable bonds is 8. The number of benzene rings is 1. The van der Waals surface area contributed by atoms with Crippen molar-refractivity contribution < 1.29 is 4.74 Å². The summed E-state index contributed by atoms with van der Waals surface area (Å²) in [4.78, 5) is 2.37. The lowest BCUT2D eigenvalue weighted by atomic mass is 10.2. The first-order chi connectivity index (χ1) is 8.78. The van der Waals surface area contributed by atoms with E-state index in [0.29, 0.717) is 0 Å². The van der Waals surface area contributed by atoms with Gasteiger partial charge in [0.05, 0.1) is 0 Å². The number of likely N-dealkylation sites (N-methyl/N-ethyl adjacent to an activating group) is 1. The zero-order valence-corrected chi connectivity index (χ0v) is 11.5. The molecule has 0 bridgehead atoms. The highest BCUT2D eigenvalue weighted by Crippen LogP contribution is 2.29. The van der Waals surface area contributed by atoms with E-state index in [9.17, 15) is 0 Å². The standard InChI is InChI=1S/C15H24N2O/c1-16-11-14-4-3-5-15(10-14)18-9-8-17(2)12-13-6-7-13/h3-5,10,13,16H,6-9,11-12H2,1-2H3. The van der Waals surface area contributed by atoms with E-state index < -0.39 is 0 Å². The fourth-order valence-corrected chi connectivity index (χ4v) is 2.10. The van der Waals surface area contributed by atoms with Crippen molar-refractivity contribution in [2.75, 3.05) is 33.8 Å². The molecule has 18 heavy (non-hydrogen) atoms. The summed E-state index contributed by atoms with van der Waals surface area (Å²) in [6.07, 6.45) is 2.83. The van der Waals surface area contributed by atoms with E-state index in [1.165, 1.54) is 24.9 Å². The minimum absolute atomic E-state index is 0.770. The van der Waals surface area contributed by atoms with Gasteiger partial charge in [0.1, 0.15) is 12.4 Å². The van der Waals surface area contributed by atoms with E-state index in [1.807, 2.05) is 13.1 Å². The van der Waals surface area contributed by atoms with E-state index in [2.05, 4.69) is 35.5 Å². The summed E-state index contributed by atoms with van der Waals surface area (Å²) in [7, 11) is 4.14. The summed E-state index contributed by atoms with van der Waals surface area (Å²) in [5, 5.41) is 3.15. The number of nitrogens with zero attached hydrogens (tertiary/aromatic N) is 1. The van der Waals surface area contributed by atoms with Gasteiger partial charge in [0.15, 0.2) is 0 Å². The monoisotopic (exact) mass is 248 g/mol. The van der Waals surface area contributed by atoms with Crippen LogP contribution in [0.1, 0.15) is 18.4 Å². The average Bonchev–Trinajstić information content (AvgIpc) is 3.14. The van der Waals surface area contributed by atoms with Gasteiger partial charge in [0.2, 0.25) is 0 Å². The summed E-state index contributed by atoms with van der Waals surface area (Å²) in [5.41, 5.74) is 1.27. The molecule has 1 aromatic carbocycles. The van der Waals surface area contributed by atoms with Crippen molar-refractivity contribution in [3.63, 3.8) is 0 Å². The van der Waals surface area contributed by atoms with Crippen molar-refractivity contribution in [3.05, 3.63) is 29.8 Å². The lowest BCUT2D eigenvalue weighted by Crippen LogP contribution is -2.26. The molecule has 0 heterocycles. The predicted molar refractivity (Wildman–Crippen MR) is 74.9 cm³/mol. The summed E-state index contributed by atoms with van der Waals surface area (Å²) in [6.45, 7) is 3.89. The topological polar surface area (TPSA) is 24.5 Å². The zero-order chi connectivity index (χ0) is 12.8. The Morgan fingerprint density at radius 2 is 2.22 bits per heavy atom. The van der Waals surface area contributed by atoms with Crippen LogP contribution in [0.25, 0.3) is 0 Å². The molecule has 1 aliphatic rings. The molecule has 1 saturated carbocycles. The number of hydrogen-bond acceptors (Lipinski definition) is 3. The number of ether oxygens (including phenoxy) is 1. The number of nitrogens with one attached hydrogen (secondary N) is 1. The molecule has 0 amide bonds. The van der Waals surface area contributed by atoms with Gasteiger partial charge in [-0.1, -0.05) is 12.1 Å². The highest BCUT2D eigenvalue weighted by molar-refractivity contribution is 5.28. The number of hydrogen-bond donors (Lipinski definition) is 1. The average molecular weight is 248 g/mol. The Balaban J connectivity index is 1.69. The third-order valence-corrected chi connectivity index (χ3v) is 3.29. The molecule has 1 aromatic rings. The molecule has 1 N–H and O–H groups in total. The molecule has 0 atom stereocenters. The van der Waals surface area contributed by atoms with E-state index in [-0.39, 0.29) is 0 Å². The van der Waals surface area contributed by atoms with Gasteiger partial charge in [-0.05, 0) is 50.6 Å². The molecule has 0 aliphatic heterocycles. The Morgan fingerprint density at radius 3 is 2.94 bits per heavy atom. The van der Waals surface area contributed by atoms with Crippen LogP contribution in [0.3, 0.4) is 0 Å². The maximum atomic E-state index is 5.80. The van der Waals surface area contributed by atoms with Gasteiger partial charge in [-0.25, -0.2) is 0 Å². The highest BCUT2D eigenvalue weighted by atomic mass is 16.5. The van der Waals surface area contributed by atoms with Crippen LogP contribution in [0.15, 0.2) is 24.3 Å². The molecular formula is C15H24N2O. The minimum Gasteiger partial charge on any atom is -0.492 e. The molecule has 1 aliphatic carbocycles. The molecular weight excluding hydrogens is 224 g/mol. The van der Waals surface area contributed by atoms with Crippen molar-refractivity contribution in [1.29, 1.82) is 0 Å². The van der Waals surface area contributed by atoms with Crippen molar-refractivity contribution in [3.8, 4) is 5.75 Å². The van der Waals surface area contributed by atoms with Gasteiger partial charge in [-0.15, -0.1) is 0 Å². The molecule has 0 aromatic heterocycles. The second kappa shape index (κ2) is 6.76. The molecule has 2 rings (SSSR count). The second-order valence-corrected chi connectivity index (χ2v) is 5.23. The summed E-state index contributed by atoms with van der Waals surface area (Å²) in [5.74, 6) is 1.93. The first-order valence-electron chi connectivity index (χ1n) is 6.83. The van der Waals surface area contributed by atoms with Crippen LogP contribution < -0.4 is 10.1 Å². The van der Waals surface area contributed by atoms with Crippen molar-refractivity contribution in [2.45, 2.75) is 19.4 Å². The minimum atomic E-state index is 0.770. The Kier molecular flexibility index (Phi) is 5.02. The smallest absolute Gasteiger partial charge is 0.119 e. The summed E-state index contributed by atoms with van der Waals surface area (Å²) < 4.78 is 5.80. The fourth-order valence-electron chi connectivity index (χ4n) is 2.10. The molecule has 1 fully saturated rings. The molecule has 0 spiro atoms. The van der Waals surface area contributed by atoms with E-state index in [4.69, 9.17) is 4.74 Å². The molecule has 3 nitrogen and oxygen atoms in total. The lowest BCUT2D eigenvalue weighted by molar-refractivity contribution is 0.232. The van der Waals surface area contributed by atoms with Crippen LogP contribution in [0.2, 0.25) is 0 Å². The zero-order valence-electron chi connectivity index (χ0n) is 11.5. The van der Waals surface area contributed by atoms with Crippen LogP contribution in [0.4, 0.5) is 0 Å². The van der Waals surface area contributed by atoms with Crippen LogP contribution in [-0.2, 0) is 6.54 Å². The van der Waals surface area contributed by atoms with Gasteiger partial charge in [-0.2, -0.15) is 0 Å². The van der Waals surface area contributed by atoms with Gasteiger partial charge in [-0.3, -0.25) is 0 Å². The van der Waals surface area contributed by atoms with Crippen LogP contribution >= 0.6 is 0 Å². The molecule has 0 unspecified atom stereocenters.